The molecule has 0 spiro atoms. The van der Waals surface area contributed by atoms with E-state index in [9.17, 15) is 4.79 Å². The normalized spacial score (nSPS) is 9.44. The molecule has 0 bridgehead atoms. The van der Waals surface area contributed by atoms with Gasteiger partial charge in [0.1, 0.15) is 11.6 Å². The van der Waals surface area contributed by atoms with Crippen molar-refractivity contribution < 1.29 is 0 Å². The second-order valence-electron chi connectivity index (χ2n) is 3.78. The predicted octanol–water partition coefficient (Wildman–Crippen LogP) is 1.64. The summed E-state index contributed by atoms with van der Waals surface area (Å²) in [4.78, 5) is 11.8. The highest BCUT2D eigenvalue weighted by molar-refractivity contribution is 5.33. The van der Waals surface area contributed by atoms with Gasteiger partial charge in [-0.25, -0.2) is 0 Å². The first-order valence-corrected chi connectivity index (χ1v) is 5.33. The third-order valence-electron chi connectivity index (χ3n) is 2.55. The van der Waals surface area contributed by atoms with Crippen molar-refractivity contribution in [1.29, 1.82) is 10.5 Å². The molecular weight excluding hydrogens is 226 g/mol. The molecule has 0 aliphatic heterocycles. The molecule has 0 atom stereocenters. The highest BCUT2D eigenvalue weighted by Crippen LogP contribution is 2.05. The molecule has 0 saturated carbocycles. The predicted molar refractivity (Wildman–Crippen MR) is 65.7 cm³/mol. The Morgan fingerprint density at radius 2 is 1.94 bits per heavy atom. The zero-order chi connectivity index (χ0) is 13.0. The molecule has 2 rings (SSSR count). The molecule has 0 unspecified atom stereocenters. The minimum atomic E-state index is -0.317. The molecule has 4 nitrogen and oxygen atoms in total. The average molecular weight is 235 g/mol. The molecule has 4 heteroatoms. The number of hydrogen-bond donors (Lipinski definition) is 0. The first-order valence-electron chi connectivity index (χ1n) is 5.33. The Bertz CT molecular complexity index is 717. The average Bonchev–Trinajstić information content (AvgIpc) is 2.41. The van der Waals surface area contributed by atoms with Gasteiger partial charge in [-0.2, -0.15) is 10.5 Å². The highest BCUT2D eigenvalue weighted by atomic mass is 16.1. The number of nitriles is 2. The largest absolute Gasteiger partial charge is 0.310 e. The van der Waals surface area contributed by atoms with Crippen molar-refractivity contribution >= 4 is 0 Å². The standard InChI is InChI=1S/C14H9N3O/c15-8-11-3-1-4-12(7-11)10-17-6-2-5-13(9-16)14(17)18/h1-7H,10H2. The van der Waals surface area contributed by atoms with Crippen LogP contribution in [0.1, 0.15) is 16.7 Å². The van der Waals surface area contributed by atoms with E-state index in [4.69, 9.17) is 10.5 Å². The smallest absolute Gasteiger partial charge is 0.268 e. The lowest BCUT2D eigenvalue weighted by Crippen LogP contribution is -2.22. The van der Waals surface area contributed by atoms with Crippen LogP contribution in [0, 0.1) is 22.7 Å². The van der Waals surface area contributed by atoms with Crippen LogP contribution in [0.5, 0.6) is 0 Å². The molecule has 2 aromatic rings. The molecule has 86 valence electrons. The monoisotopic (exact) mass is 235 g/mol. The van der Waals surface area contributed by atoms with Gasteiger partial charge in [-0.05, 0) is 29.8 Å². The van der Waals surface area contributed by atoms with Crippen LogP contribution in [0.2, 0.25) is 0 Å². The van der Waals surface area contributed by atoms with E-state index in [2.05, 4.69) is 6.07 Å². The van der Waals surface area contributed by atoms with E-state index in [1.807, 2.05) is 12.1 Å². The van der Waals surface area contributed by atoms with Crippen LogP contribution in [0.15, 0.2) is 47.4 Å². The van der Waals surface area contributed by atoms with Gasteiger partial charge in [0.15, 0.2) is 0 Å². The van der Waals surface area contributed by atoms with Gasteiger partial charge in [0.25, 0.3) is 5.56 Å². The zero-order valence-corrected chi connectivity index (χ0v) is 9.50. The summed E-state index contributed by atoms with van der Waals surface area (Å²) < 4.78 is 1.45. The summed E-state index contributed by atoms with van der Waals surface area (Å²) in [6.07, 6.45) is 1.63. The molecule has 0 saturated heterocycles. The first kappa shape index (κ1) is 11.6. The number of nitrogens with zero attached hydrogens (tertiary/aromatic N) is 3. The quantitative estimate of drug-likeness (QED) is 0.794. The summed E-state index contributed by atoms with van der Waals surface area (Å²) in [6, 6.07) is 14.1. The molecular formula is C14H9N3O. The molecule has 0 aliphatic rings. The van der Waals surface area contributed by atoms with Crippen LogP contribution in [0.3, 0.4) is 0 Å². The molecule has 0 radical (unpaired) electrons. The summed E-state index contributed by atoms with van der Waals surface area (Å²) in [6.45, 7) is 0.351. The van der Waals surface area contributed by atoms with Crippen LogP contribution >= 0.6 is 0 Å². The lowest BCUT2D eigenvalue weighted by atomic mass is 10.1. The molecule has 18 heavy (non-hydrogen) atoms. The molecule has 1 aromatic heterocycles. The van der Waals surface area contributed by atoms with Gasteiger partial charge in [0.05, 0.1) is 18.2 Å². The molecule has 0 N–H and O–H groups in total. The van der Waals surface area contributed by atoms with E-state index in [0.717, 1.165) is 5.56 Å². The third-order valence-corrected chi connectivity index (χ3v) is 2.55. The number of rotatable bonds is 2. The fourth-order valence-corrected chi connectivity index (χ4v) is 1.68. The Labute approximate surface area is 104 Å². The van der Waals surface area contributed by atoms with Crippen molar-refractivity contribution in [2.45, 2.75) is 6.54 Å². The van der Waals surface area contributed by atoms with Crippen LogP contribution in [0.25, 0.3) is 0 Å². The Hall–Kier alpha value is -2.85. The van der Waals surface area contributed by atoms with Crippen molar-refractivity contribution in [2.75, 3.05) is 0 Å². The van der Waals surface area contributed by atoms with Crippen molar-refractivity contribution in [3.8, 4) is 12.1 Å². The van der Waals surface area contributed by atoms with Gasteiger partial charge >= 0.3 is 0 Å². The fourth-order valence-electron chi connectivity index (χ4n) is 1.68. The van der Waals surface area contributed by atoms with Crippen molar-refractivity contribution in [2.24, 2.45) is 0 Å². The van der Waals surface area contributed by atoms with Gasteiger partial charge in [0.2, 0.25) is 0 Å². The second-order valence-corrected chi connectivity index (χ2v) is 3.78. The third kappa shape index (κ3) is 2.28. The van der Waals surface area contributed by atoms with Gasteiger partial charge < -0.3 is 4.57 Å². The summed E-state index contributed by atoms with van der Waals surface area (Å²) >= 11 is 0. The summed E-state index contributed by atoms with van der Waals surface area (Å²) in [5.41, 5.74) is 1.21. The van der Waals surface area contributed by atoms with Crippen LogP contribution in [-0.2, 0) is 6.54 Å². The number of hydrogen-bond acceptors (Lipinski definition) is 3. The van der Waals surface area contributed by atoms with E-state index in [-0.39, 0.29) is 11.1 Å². The van der Waals surface area contributed by atoms with E-state index < -0.39 is 0 Å². The minimum absolute atomic E-state index is 0.119. The van der Waals surface area contributed by atoms with Gasteiger partial charge in [-0.3, -0.25) is 4.79 Å². The van der Waals surface area contributed by atoms with E-state index in [1.165, 1.54) is 10.6 Å². The van der Waals surface area contributed by atoms with Gasteiger partial charge in [0, 0.05) is 6.20 Å². The Balaban J connectivity index is 2.38. The lowest BCUT2D eigenvalue weighted by Gasteiger charge is -2.05. The molecule has 1 aromatic carbocycles. The Morgan fingerprint density at radius 1 is 1.11 bits per heavy atom. The van der Waals surface area contributed by atoms with Crippen LogP contribution in [-0.4, -0.2) is 4.57 Å². The van der Waals surface area contributed by atoms with Crippen molar-refractivity contribution in [1.82, 2.24) is 4.57 Å². The topological polar surface area (TPSA) is 69.6 Å². The molecule has 1 heterocycles. The molecule has 0 amide bonds. The lowest BCUT2D eigenvalue weighted by molar-refractivity contribution is 0.756. The van der Waals surface area contributed by atoms with E-state index in [0.29, 0.717) is 12.1 Å². The molecule has 0 aliphatic carbocycles. The van der Waals surface area contributed by atoms with Crippen molar-refractivity contribution in [3.05, 3.63) is 69.6 Å². The van der Waals surface area contributed by atoms with Crippen LogP contribution < -0.4 is 5.56 Å². The van der Waals surface area contributed by atoms with Gasteiger partial charge in [-0.1, -0.05) is 12.1 Å². The fraction of sp³-hybridized carbons (Fsp3) is 0.0714. The Morgan fingerprint density at radius 3 is 2.67 bits per heavy atom. The van der Waals surface area contributed by atoms with E-state index in [1.54, 1.807) is 30.5 Å². The van der Waals surface area contributed by atoms with Gasteiger partial charge in [-0.15, -0.1) is 0 Å². The summed E-state index contributed by atoms with van der Waals surface area (Å²) in [5.74, 6) is 0. The maximum atomic E-state index is 11.8. The van der Waals surface area contributed by atoms with E-state index >= 15 is 0 Å². The second kappa shape index (κ2) is 4.99. The van der Waals surface area contributed by atoms with Crippen molar-refractivity contribution in [3.63, 3.8) is 0 Å². The summed E-state index contributed by atoms with van der Waals surface area (Å²) in [7, 11) is 0. The molecule has 0 fully saturated rings. The first-order chi connectivity index (χ1) is 8.74. The summed E-state index contributed by atoms with van der Waals surface area (Å²) in [5, 5.41) is 17.6. The maximum absolute atomic E-state index is 11.8. The number of aromatic nitrogens is 1. The SMILES string of the molecule is N#Cc1cccc(Cn2cccc(C#N)c2=O)c1. The Kier molecular flexibility index (Phi) is 3.22. The minimum Gasteiger partial charge on any atom is -0.310 e. The number of benzene rings is 1. The number of pyridine rings is 1. The maximum Gasteiger partial charge on any atom is 0.268 e. The zero-order valence-electron chi connectivity index (χ0n) is 9.50. The highest BCUT2D eigenvalue weighted by Gasteiger charge is 2.03. The van der Waals surface area contributed by atoms with Crippen LogP contribution in [0.4, 0.5) is 0 Å².